The van der Waals surface area contributed by atoms with Crippen LogP contribution in [-0.2, 0) is 4.79 Å². The van der Waals surface area contributed by atoms with Gasteiger partial charge in [-0.05, 0) is 36.5 Å². The van der Waals surface area contributed by atoms with Gasteiger partial charge in [0, 0.05) is 6.92 Å². The number of carboxylic acid groups (broad SMARTS) is 1. The number of carboxylic acids is 1. The summed E-state index contributed by atoms with van der Waals surface area (Å²) in [4.78, 5) is 9.00. The first-order chi connectivity index (χ1) is 6.93. The van der Waals surface area contributed by atoms with Gasteiger partial charge in [-0.25, -0.2) is 0 Å². The van der Waals surface area contributed by atoms with Gasteiger partial charge in [-0.2, -0.15) is 0 Å². The maximum atomic E-state index is 9.00. The van der Waals surface area contributed by atoms with E-state index in [1.54, 1.807) is 0 Å². The van der Waals surface area contributed by atoms with E-state index in [1.807, 2.05) is 0 Å². The zero-order valence-corrected chi connectivity index (χ0v) is 10.3. The minimum absolute atomic E-state index is 0.686. The highest BCUT2D eigenvalue weighted by molar-refractivity contribution is 5.62. The highest BCUT2D eigenvalue weighted by Gasteiger charge is 2.42. The van der Waals surface area contributed by atoms with Gasteiger partial charge in [-0.15, -0.1) is 0 Å². The van der Waals surface area contributed by atoms with Crippen LogP contribution in [0.15, 0.2) is 0 Å². The maximum Gasteiger partial charge on any atom is 0.300 e. The van der Waals surface area contributed by atoms with Gasteiger partial charge in [-0.3, -0.25) is 4.79 Å². The van der Waals surface area contributed by atoms with Gasteiger partial charge in [0.05, 0.1) is 0 Å². The van der Waals surface area contributed by atoms with Gasteiger partial charge in [0.15, 0.2) is 0 Å². The predicted molar refractivity (Wildman–Crippen MR) is 61.8 cm³/mol. The Balaban J connectivity index is 0.000000245. The molecule has 2 fully saturated rings. The van der Waals surface area contributed by atoms with Crippen LogP contribution in [-0.4, -0.2) is 11.1 Å². The Hall–Kier alpha value is -0.530. The van der Waals surface area contributed by atoms with Crippen molar-refractivity contribution in [1.82, 2.24) is 0 Å². The molecule has 2 rings (SSSR count). The zero-order chi connectivity index (χ0) is 11.5. The molecule has 0 radical (unpaired) electrons. The van der Waals surface area contributed by atoms with Gasteiger partial charge in [-0.1, -0.05) is 33.1 Å². The minimum atomic E-state index is -0.833. The van der Waals surface area contributed by atoms with Crippen LogP contribution < -0.4 is 0 Å². The second kappa shape index (κ2) is 5.00. The third kappa shape index (κ3) is 3.51. The predicted octanol–water partition coefficient (Wildman–Crippen LogP) is 3.70. The van der Waals surface area contributed by atoms with Crippen molar-refractivity contribution in [3.63, 3.8) is 0 Å². The van der Waals surface area contributed by atoms with Crippen molar-refractivity contribution in [3.8, 4) is 0 Å². The summed E-state index contributed by atoms with van der Waals surface area (Å²) in [6.07, 6.45) is 9.09. The van der Waals surface area contributed by atoms with Gasteiger partial charge in [0.2, 0.25) is 0 Å². The van der Waals surface area contributed by atoms with Crippen LogP contribution >= 0.6 is 0 Å². The Morgan fingerprint density at radius 3 is 2.27 bits per heavy atom. The van der Waals surface area contributed by atoms with Gasteiger partial charge in [0.1, 0.15) is 0 Å². The summed E-state index contributed by atoms with van der Waals surface area (Å²) in [7, 11) is 0. The van der Waals surface area contributed by atoms with Gasteiger partial charge in [0.25, 0.3) is 5.97 Å². The zero-order valence-electron chi connectivity index (χ0n) is 10.3. The molecule has 0 aliphatic heterocycles. The van der Waals surface area contributed by atoms with Crippen molar-refractivity contribution >= 4 is 5.97 Å². The van der Waals surface area contributed by atoms with E-state index in [0.717, 1.165) is 18.8 Å². The van der Waals surface area contributed by atoms with Gasteiger partial charge >= 0.3 is 0 Å². The molecular formula is C13H24O2. The fourth-order valence-corrected chi connectivity index (χ4v) is 3.32. The molecule has 2 unspecified atom stereocenters. The highest BCUT2D eigenvalue weighted by atomic mass is 16.4. The third-order valence-electron chi connectivity index (χ3n) is 4.07. The molecule has 1 N–H and O–H groups in total. The molecule has 0 bridgehead atoms. The lowest BCUT2D eigenvalue weighted by molar-refractivity contribution is -0.134. The summed E-state index contributed by atoms with van der Waals surface area (Å²) in [5, 5.41) is 7.42. The minimum Gasteiger partial charge on any atom is -0.481 e. The van der Waals surface area contributed by atoms with E-state index in [-0.39, 0.29) is 0 Å². The molecule has 88 valence electrons. The molecule has 2 saturated carbocycles. The molecule has 2 aliphatic rings. The lowest BCUT2D eigenvalue weighted by atomic mass is 9.72. The molecule has 0 aromatic rings. The summed E-state index contributed by atoms with van der Waals surface area (Å²) in [6.45, 7) is 6.03. The van der Waals surface area contributed by atoms with E-state index in [2.05, 4.69) is 13.8 Å². The molecule has 2 atom stereocenters. The van der Waals surface area contributed by atoms with Crippen LogP contribution in [0.1, 0.15) is 59.3 Å². The molecule has 15 heavy (non-hydrogen) atoms. The lowest BCUT2D eigenvalue weighted by Gasteiger charge is -2.34. The Morgan fingerprint density at radius 1 is 1.20 bits per heavy atom. The topological polar surface area (TPSA) is 37.3 Å². The number of hydrogen-bond acceptors (Lipinski definition) is 1. The van der Waals surface area contributed by atoms with Crippen molar-refractivity contribution in [2.75, 3.05) is 0 Å². The highest BCUT2D eigenvalue weighted by Crippen LogP contribution is 2.52. The molecule has 0 aromatic carbocycles. The van der Waals surface area contributed by atoms with Crippen LogP contribution in [0.4, 0.5) is 0 Å². The largest absolute Gasteiger partial charge is 0.481 e. The van der Waals surface area contributed by atoms with Crippen LogP contribution in [0, 0.1) is 17.3 Å². The number of rotatable bonds is 0. The van der Waals surface area contributed by atoms with E-state index < -0.39 is 5.97 Å². The number of fused-ring (bicyclic) bond motifs is 1. The first-order valence-corrected chi connectivity index (χ1v) is 6.13. The van der Waals surface area contributed by atoms with E-state index in [1.165, 1.54) is 38.5 Å². The van der Waals surface area contributed by atoms with Crippen molar-refractivity contribution in [2.45, 2.75) is 59.3 Å². The fourth-order valence-electron chi connectivity index (χ4n) is 3.32. The smallest absolute Gasteiger partial charge is 0.300 e. The molecule has 0 heterocycles. The maximum absolute atomic E-state index is 9.00. The van der Waals surface area contributed by atoms with Crippen LogP contribution in [0.2, 0.25) is 0 Å². The number of hydrogen-bond donors (Lipinski definition) is 1. The molecule has 0 aromatic heterocycles. The van der Waals surface area contributed by atoms with E-state index in [0.29, 0.717) is 5.41 Å². The van der Waals surface area contributed by atoms with E-state index >= 15 is 0 Å². The molecule has 2 heteroatoms. The molecule has 0 amide bonds. The normalized spacial score (nSPS) is 32.5. The quantitative estimate of drug-likeness (QED) is 0.664. The van der Waals surface area contributed by atoms with Crippen LogP contribution in [0.3, 0.4) is 0 Å². The van der Waals surface area contributed by atoms with Crippen LogP contribution in [0.5, 0.6) is 0 Å². The SMILES string of the molecule is CC(=O)O.CC1(C)CCC2CCCCC21. The summed E-state index contributed by atoms with van der Waals surface area (Å²) < 4.78 is 0. The molecular weight excluding hydrogens is 188 g/mol. The van der Waals surface area contributed by atoms with Crippen molar-refractivity contribution in [1.29, 1.82) is 0 Å². The standard InChI is InChI=1S/C11H20.C2H4O2/c1-11(2)8-7-9-5-3-4-6-10(9)11;1-2(3)4/h9-10H,3-8H2,1-2H3;1H3,(H,3,4). The summed E-state index contributed by atoms with van der Waals surface area (Å²) in [6, 6.07) is 0. The monoisotopic (exact) mass is 212 g/mol. The Kier molecular flexibility index (Phi) is 4.18. The van der Waals surface area contributed by atoms with Crippen molar-refractivity contribution in [2.24, 2.45) is 17.3 Å². The lowest BCUT2D eigenvalue weighted by Crippen LogP contribution is -2.24. The van der Waals surface area contributed by atoms with Crippen LogP contribution in [0.25, 0.3) is 0 Å². The van der Waals surface area contributed by atoms with Gasteiger partial charge < -0.3 is 5.11 Å². The molecule has 2 aliphatic carbocycles. The number of aliphatic carboxylic acids is 1. The van der Waals surface area contributed by atoms with E-state index in [4.69, 9.17) is 9.90 Å². The summed E-state index contributed by atoms with van der Waals surface area (Å²) in [5.74, 6) is 1.36. The Labute approximate surface area is 93.1 Å². The summed E-state index contributed by atoms with van der Waals surface area (Å²) >= 11 is 0. The average Bonchev–Trinajstić information content (AvgIpc) is 2.43. The first-order valence-electron chi connectivity index (χ1n) is 6.13. The fraction of sp³-hybridized carbons (Fsp3) is 0.923. The number of carbonyl (C=O) groups is 1. The third-order valence-corrected chi connectivity index (χ3v) is 4.07. The van der Waals surface area contributed by atoms with Crippen molar-refractivity contribution < 1.29 is 9.90 Å². The molecule has 0 spiro atoms. The van der Waals surface area contributed by atoms with Crippen molar-refractivity contribution in [3.05, 3.63) is 0 Å². The average molecular weight is 212 g/mol. The molecule has 0 saturated heterocycles. The first kappa shape index (κ1) is 12.5. The Morgan fingerprint density at radius 2 is 1.73 bits per heavy atom. The second-order valence-electron chi connectivity index (χ2n) is 5.70. The van der Waals surface area contributed by atoms with E-state index in [9.17, 15) is 0 Å². The molecule has 2 nitrogen and oxygen atoms in total. The second-order valence-corrected chi connectivity index (χ2v) is 5.70. The summed E-state index contributed by atoms with van der Waals surface area (Å²) in [5.41, 5.74) is 0.686. The Bertz CT molecular complexity index is 217.